The van der Waals surface area contributed by atoms with Crippen molar-refractivity contribution in [1.82, 2.24) is 4.90 Å². The van der Waals surface area contributed by atoms with E-state index in [-0.39, 0.29) is 0 Å². The fraction of sp³-hybridized carbons (Fsp3) is 0.118. The van der Waals surface area contributed by atoms with E-state index in [1.807, 2.05) is 6.07 Å². The molecule has 0 aliphatic carbocycles. The van der Waals surface area contributed by atoms with Crippen molar-refractivity contribution in [3.05, 3.63) is 64.1 Å². The lowest BCUT2D eigenvalue weighted by molar-refractivity contribution is -0.119. The number of anilines is 1. The van der Waals surface area contributed by atoms with Crippen molar-refractivity contribution in [2.24, 2.45) is 0 Å². The molecule has 1 aliphatic heterocycles. The van der Waals surface area contributed by atoms with Gasteiger partial charge in [0.05, 0.1) is 11.1 Å². The van der Waals surface area contributed by atoms with Crippen LogP contribution in [-0.2, 0) is 4.79 Å². The average molecular weight is 373 g/mol. The Morgan fingerprint density at radius 3 is 2.22 bits per heavy atom. The molecular formula is C17H13BrN2O3. The molecule has 3 amide bonds. The number of rotatable bonds is 3. The van der Waals surface area contributed by atoms with Gasteiger partial charge in [-0.05, 0) is 37.3 Å². The Labute approximate surface area is 141 Å². The quantitative estimate of drug-likeness (QED) is 0.841. The van der Waals surface area contributed by atoms with Crippen LogP contribution in [0.1, 0.15) is 27.6 Å². The molecule has 0 saturated heterocycles. The van der Waals surface area contributed by atoms with Gasteiger partial charge in [-0.2, -0.15) is 0 Å². The van der Waals surface area contributed by atoms with Gasteiger partial charge in [0.2, 0.25) is 5.91 Å². The monoisotopic (exact) mass is 372 g/mol. The largest absolute Gasteiger partial charge is 0.324 e. The number of hydrogen-bond donors (Lipinski definition) is 1. The average Bonchev–Trinajstić information content (AvgIpc) is 2.79. The summed E-state index contributed by atoms with van der Waals surface area (Å²) in [6.07, 6.45) is 0. The summed E-state index contributed by atoms with van der Waals surface area (Å²) in [6, 6.07) is 12.8. The van der Waals surface area contributed by atoms with Crippen molar-refractivity contribution >= 4 is 39.3 Å². The summed E-state index contributed by atoms with van der Waals surface area (Å²) in [5.74, 6) is -1.30. The van der Waals surface area contributed by atoms with Gasteiger partial charge < -0.3 is 5.32 Å². The lowest BCUT2D eigenvalue weighted by atomic mass is 10.1. The number of carbonyl (C=O) groups is 3. The Morgan fingerprint density at radius 1 is 1.04 bits per heavy atom. The van der Waals surface area contributed by atoms with Crippen LogP contribution in [0.2, 0.25) is 0 Å². The van der Waals surface area contributed by atoms with Crippen LogP contribution in [0.3, 0.4) is 0 Å². The Balaban J connectivity index is 1.81. The van der Waals surface area contributed by atoms with E-state index in [1.54, 1.807) is 42.5 Å². The zero-order chi connectivity index (χ0) is 16.6. The number of hydrogen-bond acceptors (Lipinski definition) is 3. The summed E-state index contributed by atoms with van der Waals surface area (Å²) >= 11 is 3.32. The molecule has 0 radical (unpaired) electrons. The van der Waals surface area contributed by atoms with E-state index >= 15 is 0 Å². The van der Waals surface area contributed by atoms with Crippen LogP contribution in [0.5, 0.6) is 0 Å². The number of nitrogens with zero attached hydrogens (tertiary/aromatic N) is 1. The fourth-order valence-corrected chi connectivity index (χ4v) is 2.89. The van der Waals surface area contributed by atoms with Gasteiger partial charge in [0, 0.05) is 10.2 Å². The van der Waals surface area contributed by atoms with Gasteiger partial charge in [-0.25, -0.2) is 0 Å². The zero-order valence-electron chi connectivity index (χ0n) is 12.2. The highest BCUT2D eigenvalue weighted by molar-refractivity contribution is 9.10. The molecule has 116 valence electrons. The molecule has 0 aromatic heterocycles. The highest BCUT2D eigenvalue weighted by Gasteiger charge is 2.40. The topological polar surface area (TPSA) is 66.5 Å². The molecule has 1 heterocycles. The molecule has 23 heavy (non-hydrogen) atoms. The third-order valence-electron chi connectivity index (χ3n) is 3.68. The lowest BCUT2D eigenvalue weighted by Gasteiger charge is -2.21. The molecule has 0 fully saturated rings. The highest BCUT2D eigenvalue weighted by atomic mass is 79.9. The van der Waals surface area contributed by atoms with Crippen molar-refractivity contribution in [2.75, 3.05) is 5.32 Å². The van der Waals surface area contributed by atoms with E-state index in [0.717, 1.165) is 9.37 Å². The van der Waals surface area contributed by atoms with Gasteiger partial charge >= 0.3 is 0 Å². The molecule has 0 bridgehead atoms. The first kappa shape index (κ1) is 15.4. The summed E-state index contributed by atoms with van der Waals surface area (Å²) in [4.78, 5) is 38.1. The van der Waals surface area contributed by atoms with Gasteiger partial charge in [0.15, 0.2) is 0 Å². The van der Waals surface area contributed by atoms with Crippen molar-refractivity contribution < 1.29 is 14.4 Å². The van der Waals surface area contributed by atoms with Crippen LogP contribution >= 0.6 is 15.9 Å². The molecule has 1 aliphatic rings. The number of imide groups is 1. The van der Waals surface area contributed by atoms with Gasteiger partial charge in [-0.15, -0.1) is 0 Å². The van der Waals surface area contributed by atoms with E-state index in [1.165, 1.54) is 6.92 Å². The number of carbonyl (C=O) groups excluding carboxylic acids is 3. The number of nitrogens with one attached hydrogen (secondary N) is 1. The van der Waals surface area contributed by atoms with Crippen LogP contribution in [0.15, 0.2) is 53.0 Å². The molecule has 5 nitrogen and oxygen atoms in total. The van der Waals surface area contributed by atoms with Gasteiger partial charge in [0.1, 0.15) is 6.04 Å². The van der Waals surface area contributed by atoms with Gasteiger partial charge in [-0.1, -0.05) is 34.1 Å². The van der Waals surface area contributed by atoms with E-state index in [9.17, 15) is 14.4 Å². The van der Waals surface area contributed by atoms with Gasteiger partial charge in [-0.3, -0.25) is 19.3 Å². The van der Waals surface area contributed by atoms with E-state index < -0.39 is 23.8 Å². The van der Waals surface area contributed by atoms with Crippen molar-refractivity contribution in [3.8, 4) is 0 Å². The van der Waals surface area contributed by atoms with E-state index in [4.69, 9.17) is 0 Å². The number of fused-ring (bicyclic) bond motifs is 1. The second-order valence-electron chi connectivity index (χ2n) is 5.20. The second-order valence-corrected chi connectivity index (χ2v) is 6.12. The second kappa shape index (κ2) is 5.96. The molecular weight excluding hydrogens is 360 g/mol. The summed E-state index contributed by atoms with van der Waals surface area (Å²) in [6.45, 7) is 1.54. The first-order valence-corrected chi connectivity index (χ1v) is 7.81. The first-order valence-electron chi connectivity index (χ1n) is 7.02. The number of amides is 3. The van der Waals surface area contributed by atoms with E-state index in [0.29, 0.717) is 16.8 Å². The van der Waals surface area contributed by atoms with Gasteiger partial charge in [0.25, 0.3) is 11.8 Å². The smallest absolute Gasteiger partial charge is 0.262 e. The molecule has 1 unspecified atom stereocenters. The van der Waals surface area contributed by atoms with Crippen molar-refractivity contribution in [3.63, 3.8) is 0 Å². The third-order valence-corrected chi connectivity index (χ3v) is 4.18. The molecule has 6 heteroatoms. The van der Waals surface area contributed by atoms with Crippen LogP contribution in [0.4, 0.5) is 5.69 Å². The zero-order valence-corrected chi connectivity index (χ0v) is 13.8. The normalized spacial score (nSPS) is 14.6. The molecule has 2 aromatic carbocycles. The van der Waals surface area contributed by atoms with Crippen LogP contribution in [0, 0.1) is 0 Å². The minimum absolute atomic E-state index is 0.333. The fourth-order valence-electron chi connectivity index (χ4n) is 2.49. The summed E-state index contributed by atoms with van der Waals surface area (Å²) in [5.41, 5.74) is 1.26. The van der Waals surface area contributed by atoms with Crippen molar-refractivity contribution in [2.45, 2.75) is 13.0 Å². The maximum absolute atomic E-state index is 12.4. The Kier molecular flexibility index (Phi) is 4.00. The lowest BCUT2D eigenvalue weighted by Crippen LogP contribution is -2.45. The predicted octanol–water partition coefficient (Wildman–Crippen LogP) is 3.07. The molecule has 1 N–H and O–H groups in total. The Bertz CT molecular complexity index is 784. The Morgan fingerprint density at radius 2 is 1.65 bits per heavy atom. The van der Waals surface area contributed by atoms with Crippen LogP contribution < -0.4 is 5.32 Å². The third kappa shape index (κ3) is 2.77. The minimum Gasteiger partial charge on any atom is -0.324 e. The standard InChI is InChI=1S/C17H13BrN2O3/c1-10(15(21)19-12-6-4-5-11(18)9-12)20-16(22)13-7-2-3-8-14(13)17(20)23/h2-10H,1H3,(H,19,21). The number of halogens is 1. The highest BCUT2D eigenvalue weighted by Crippen LogP contribution is 2.25. The molecule has 0 spiro atoms. The molecule has 3 rings (SSSR count). The SMILES string of the molecule is CC(C(=O)Nc1cccc(Br)c1)N1C(=O)c2ccccc2C1=O. The molecule has 2 aromatic rings. The molecule has 0 saturated carbocycles. The van der Waals surface area contributed by atoms with E-state index in [2.05, 4.69) is 21.2 Å². The van der Waals surface area contributed by atoms with Crippen molar-refractivity contribution in [1.29, 1.82) is 0 Å². The maximum atomic E-state index is 12.4. The Hall–Kier alpha value is -2.47. The summed E-state index contributed by atoms with van der Waals surface area (Å²) in [7, 11) is 0. The van der Waals surface area contributed by atoms with Crippen LogP contribution in [-0.4, -0.2) is 28.7 Å². The maximum Gasteiger partial charge on any atom is 0.262 e. The summed E-state index contributed by atoms with van der Waals surface area (Å²) in [5, 5.41) is 2.71. The number of benzene rings is 2. The first-order chi connectivity index (χ1) is 11.0. The molecule has 1 atom stereocenters. The predicted molar refractivity (Wildman–Crippen MR) is 89.2 cm³/mol. The minimum atomic E-state index is -0.901. The van der Waals surface area contributed by atoms with Crippen LogP contribution in [0.25, 0.3) is 0 Å². The summed E-state index contributed by atoms with van der Waals surface area (Å²) < 4.78 is 0.823.